The molecule has 1 saturated carbocycles. The largest absolute Gasteiger partial charge is 0.573 e. The number of imidazole rings is 1. The van der Waals surface area contributed by atoms with Gasteiger partial charge in [0.2, 0.25) is 17.7 Å². The minimum Gasteiger partial charge on any atom is -0.405 e. The number of hydrogen-bond acceptors (Lipinski definition) is 8. The van der Waals surface area contributed by atoms with Gasteiger partial charge in [-0.2, -0.15) is 0 Å². The lowest BCUT2D eigenvalue weighted by Crippen LogP contribution is -2.46. The van der Waals surface area contributed by atoms with Crippen LogP contribution in [-0.2, 0) is 27.9 Å². The number of H-pyrrole nitrogens is 1. The molecule has 19 heteroatoms. The van der Waals surface area contributed by atoms with Crippen LogP contribution in [0.2, 0.25) is 0 Å². The molecule has 3 aliphatic heterocycles. The SMILES string of the molecule is CN(C)C(=O)c1cc2c(-c3ccc(N4CCN(CCCc5c(F)ccc6c5n(C)c(=O)n6C5CCC(=O)NC5=O)CC4)cc3OC(F)(F)F)cc(C3=CCCN(C(=O)C4CC4)C3)c(F)c2[nH]1. The van der Waals surface area contributed by atoms with Gasteiger partial charge >= 0.3 is 12.1 Å². The van der Waals surface area contributed by atoms with Gasteiger partial charge in [0.15, 0.2) is 5.82 Å². The minimum absolute atomic E-state index is 0.00263. The summed E-state index contributed by atoms with van der Waals surface area (Å²) >= 11 is 0. The summed E-state index contributed by atoms with van der Waals surface area (Å²) in [6.07, 6.45) is -0.139. The molecule has 3 aromatic carbocycles. The van der Waals surface area contributed by atoms with Crippen LogP contribution in [0.4, 0.5) is 27.6 Å². The number of aromatic amines is 1. The Morgan fingerprint density at radius 3 is 2.36 bits per heavy atom. The molecule has 14 nitrogen and oxygen atoms in total. The van der Waals surface area contributed by atoms with Crippen LogP contribution in [0.25, 0.3) is 38.6 Å². The van der Waals surface area contributed by atoms with Crippen molar-refractivity contribution in [3.8, 4) is 16.9 Å². The van der Waals surface area contributed by atoms with E-state index in [0.29, 0.717) is 80.0 Å². The summed E-state index contributed by atoms with van der Waals surface area (Å²) in [7, 11) is 4.59. The number of aryl methyl sites for hydroxylation is 2. The number of hydrogen-bond donors (Lipinski definition) is 2. The Balaban J connectivity index is 0.952. The standard InChI is InChI=1S/C47H49F5N8O6/c1-55(2)45(64)35-24-33-32(23-31(40(49)41(33)53-35)27-6-4-17-59(25-27)44(63)26-8-9-26)29-11-10-28(22-38(29)66-47(50,51)52)58-20-18-57(19-21-58)16-5-7-30-34(48)12-13-36-42(30)56(3)46(65)60(36)37-14-15-39(61)54-43(37)62/h6,10-13,22-24,26,37,53H,4-5,7-9,14-21,25H2,1-3H3,(H,54,61,62). The fourth-order valence-corrected chi connectivity index (χ4v) is 9.63. The molecule has 1 aliphatic carbocycles. The van der Waals surface area contributed by atoms with Crippen LogP contribution in [0.5, 0.6) is 5.75 Å². The summed E-state index contributed by atoms with van der Waals surface area (Å²) in [4.78, 5) is 74.0. The second-order valence-electron chi connectivity index (χ2n) is 17.7. The lowest BCUT2D eigenvalue weighted by Gasteiger charge is -2.36. The first-order valence-corrected chi connectivity index (χ1v) is 22.1. The summed E-state index contributed by atoms with van der Waals surface area (Å²) < 4.78 is 82.1. The Labute approximate surface area is 375 Å². The predicted molar refractivity (Wildman–Crippen MR) is 236 cm³/mol. The Morgan fingerprint density at radius 2 is 1.67 bits per heavy atom. The Hall–Kier alpha value is -6.50. The Bertz CT molecular complexity index is 2890. The van der Waals surface area contributed by atoms with E-state index in [2.05, 4.69) is 15.2 Å². The molecule has 348 valence electrons. The van der Waals surface area contributed by atoms with Crippen LogP contribution >= 0.6 is 0 Å². The molecular weight excluding hydrogens is 868 g/mol. The van der Waals surface area contributed by atoms with E-state index in [1.54, 1.807) is 11.0 Å². The maximum atomic E-state index is 16.6. The van der Waals surface area contributed by atoms with E-state index in [4.69, 9.17) is 4.74 Å². The van der Waals surface area contributed by atoms with Crippen LogP contribution in [-0.4, -0.2) is 119 Å². The highest BCUT2D eigenvalue weighted by molar-refractivity contribution is 6.05. The number of anilines is 1. The minimum atomic E-state index is -5.09. The number of carbonyl (C=O) groups excluding carboxylic acids is 4. The van der Waals surface area contributed by atoms with Crippen LogP contribution in [0.3, 0.4) is 0 Å². The molecule has 2 aromatic heterocycles. The molecular formula is C47H49F5N8O6. The number of imide groups is 1. The van der Waals surface area contributed by atoms with Crippen molar-refractivity contribution in [1.29, 1.82) is 0 Å². The molecule has 2 saturated heterocycles. The van der Waals surface area contributed by atoms with Crippen LogP contribution in [0, 0.1) is 17.6 Å². The number of ether oxygens (including phenoxy) is 1. The molecule has 2 N–H and O–H groups in total. The molecule has 5 aromatic rings. The topological polar surface area (TPSA) is 145 Å². The summed E-state index contributed by atoms with van der Waals surface area (Å²) in [6, 6.07) is 9.26. The van der Waals surface area contributed by atoms with E-state index in [1.165, 1.54) is 71.6 Å². The number of fused-ring (bicyclic) bond motifs is 2. The van der Waals surface area contributed by atoms with Gasteiger partial charge in [-0.05, 0) is 92.6 Å². The van der Waals surface area contributed by atoms with Crippen molar-refractivity contribution >= 4 is 56.8 Å². The number of benzene rings is 3. The smallest absolute Gasteiger partial charge is 0.405 e. The third kappa shape index (κ3) is 8.55. The van der Waals surface area contributed by atoms with Crippen molar-refractivity contribution in [2.75, 3.05) is 64.8 Å². The van der Waals surface area contributed by atoms with Gasteiger partial charge in [0, 0.05) is 107 Å². The number of alkyl halides is 3. The van der Waals surface area contributed by atoms with Gasteiger partial charge in [-0.25, -0.2) is 13.6 Å². The second-order valence-corrected chi connectivity index (χ2v) is 17.7. The highest BCUT2D eigenvalue weighted by Crippen LogP contribution is 2.44. The molecule has 1 atom stereocenters. The quantitative estimate of drug-likeness (QED) is 0.119. The van der Waals surface area contributed by atoms with E-state index in [0.717, 1.165) is 12.8 Å². The fourth-order valence-electron chi connectivity index (χ4n) is 9.63. The number of amides is 4. The van der Waals surface area contributed by atoms with Crippen molar-refractivity contribution in [2.45, 2.75) is 57.3 Å². The van der Waals surface area contributed by atoms with E-state index in [-0.39, 0.29) is 70.9 Å². The third-order valence-corrected chi connectivity index (χ3v) is 13.2. The van der Waals surface area contributed by atoms with Crippen molar-refractivity contribution in [2.24, 2.45) is 13.0 Å². The van der Waals surface area contributed by atoms with E-state index in [1.807, 2.05) is 11.0 Å². The van der Waals surface area contributed by atoms with Crippen LogP contribution < -0.4 is 20.6 Å². The molecule has 0 bridgehead atoms. The number of nitrogens with one attached hydrogen (secondary N) is 2. The van der Waals surface area contributed by atoms with E-state index >= 15 is 8.78 Å². The molecule has 4 amide bonds. The van der Waals surface area contributed by atoms with Crippen LogP contribution in [0.1, 0.15) is 66.2 Å². The predicted octanol–water partition coefficient (Wildman–Crippen LogP) is 6.13. The second kappa shape index (κ2) is 17.4. The Kier molecular flexibility index (Phi) is 11.8. The van der Waals surface area contributed by atoms with Gasteiger partial charge in [-0.3, -0.25) is 38.5 Å². The van der Waals surface area contributed by atoms with Gasteiger partial charge in [0.1, 0.15) is 23.3 Å². The van der Waals surface area contributed by atoms with Gasteiger partial charge in [-0.15, -0.1) is 13.2 Å². The zero-order valence-corrected chi connectivity index (χ0v) is 36.7. The average molecular weight is 917 g/mol. The lowest BCUT2D eigenvalue weighted by molar-refractivity contribution is -0.274. The van der Waals surface area contributed by atoms with Gasteiger partial charge < -0.3 is 24.4 Å². The lowest BCUT2D eigenvalue weighted by atomic mass is 9.92. The number of piperazine rings is 1. The maximum Gasteiger partial charge on any atom is 0.573 e. The zero-order valence-electron chi connectivity index (χ0n) is 36.7. The molecule has 3 fully saturated rings. The first kappa shape index (κ1) is 44.7. The molecule has 0 spiro atoms. The van der Waals surface area contributed by atoms with Gasteiger partial charge in [-0.1, -0.05) is 6.08 Å². The monoisotopic (exact) mass is 916 g/mol. The molecule has 0 radical (unpaired) electrons. The molecule has 4 aliphatic rings. The average Bonchev–Trinajstić information content (AvgIpc) is 3.99. The first-order valence-electron chi connectivity index (χ1n) is 22.1. The summed E-state index contributed by atoms with van der Waals surface area (Å²) in [6.45, 7) is 3.14. The number of aromatic nitrogens is 3. The molecule has 5 heterocycles. The molecule has 9 rings (SSSR count). The van der Waals surface area contributed by atoms with Gasteiger partial charge in [0.05, 0.1) is 16.6 Å². The van der Waals surface area contributed by atoms with Crippen molar-refractivity contribution in [1.82, 2.24) is 34.1 Å². The summed E-state index contributed by atoms with van der Waals surface area (Å²) in [5.41, 5.74) is 1.91. The Morgan fingerprint density at radius 1 is 0.909 bits per heavy atom. The number of halogens is 5. The number of nitrogens with zero attached hydrogens (tertiary/aromatic N) is 6. The fraction of sp³-hybridized carbons (Fsp3) is 0.426. The maximum absolute atomic E-state index is 16.6. The highest BCUT2D eigenvalue weighted by Gasteiger charge is 2.37. The summed E-state index contributed by atoms with van der Waals surface area (Å²) in [5, 5.41) is 2.46. The third-order valence-electron chi connectivity index (χ3n) is 13.2. The number of rotatable bonds is 11. The van der Waals surface area contributed by atoms with Gasteiger partial charge in [0.25, 0.3) is 5.91 Å². The number of piperidine rings is 1. The summed E-state index contributed by atoms with van der Waals surface area (Å²) in [5.74, 6) is -3.20. The van der Waals surface area contributed by atoms with Crippen molar-refractivity contribution in [3.05, 3.63) is 87.5 Å². The zero-order chi connectivity index (χ0) is 46.8. The van der Waals surface area contributed by atoms with Crippen LogP contribution in [0.15, 0.2) is 53.3 Å². The first-order chi connectivity index (χ1) is 31.5. The molecule has 1 unspecified atom stereocenters. The van der Waals surface area contributed by atoms with Crippen molar-refractivity contribution < 1.29 is 45.9 Å². The van der Waals surface area contributed by atoms with Crippen molar-refractivity contribution in [3.63, 3.8) is 0 Å². The highest BCUT2D eigenvalue weighted by atomic mass is 19.4. The molecule has 66 heavy (non-hydrogen) atoms. The normalized spacial score (nSPS) is 18.5. The number of carbonyl (C=O) groups is 4. The van der Waals surface area contributed by atoms with E-state index < -0.39 is 53.2 Å². The van der Waals surface area contributed by atoms with E-state index in [9.17, 15) is 37.1 Å².